The Hall–Kier alpha value is -2.04. The quantitative estimate of drug-likeness (QED) is 0.881. The maximum atomic E-state index is 12.9. The van der Waals surface area contributed by atoms with E-state index in [0.717, 1.165) is 17.0 Å². The van der Waals surface area contributed by atoms with E-state index in [1.54, 1.807) is 6.07 Å². The standard InChI is InChI=1S/C12H13FN4/c1-8-9(2)16-17-12(15-8)14-7-10-4-3-5-11(13)6-10/h3-6H,7H2,1-2H3,(H,14,15,17). The molecule has 88 valence electrons. The predicted molar refractivity (Wildman–Crippen MR) is 63.0 cm³/mol. The second kappa shape index (κ2) is 4.86. The maximum Gasteiger partial charge on any atom is 0.243 e. The van der Waals surface area contributed by atoms with Crippen molar-refractivity contribution in [1.82, 2.24) is 15.2 Å². The van der Waals surface area contributed by atoms with Gasteiger partial charge in [-0.15, -0.1) is 5.10 Å². The molecule has 1 aromatic carbocycles. The lowest BCUT2D eigenvalue weighted by Gasteiger charge is -2.05. The van der Waals surface area contributed by atoms with Gasteiger partial charge in [-0.2, -0.15) is 5.10 Å². The number of nitrogens with zero attached hydrogens (tertiary/aromatic N) is 3. The van der Waals surface area contributed by atoms with E-state index in [-0.39, 0.29) is 5.82 Å². The van der Waals surface area contributed by atoms with E-state index in [2.05, 4.69) is 20.5 Å². The molecule has 0 saturated heterocycles. The van der Waals surface area contributed by atoms with Gasteiger partial charge in [0.1, 0.15) is 5.82 Å². The van der Waals surface area contributed by atoms with Gasteiger partial charge < -0.3 is 5.32 Å². The Morgan fingerprint density at radius 1 is 1.18 bits per heavy atom. The van der Waals surface area contributed by atoms with Crippen LogP contribution in [0.25, 0.3) is 0 Å². The fraction of sp³-hybridized carbons (Fsp3) is 0.250. The van der Waals surface area contributed by atoms with Crippen LogP contribution >= 0.6 is 0 Å². The van der Waals surface area contributed by atoms with Crippen LogP contribution in [-0.4, -0.2) is 15.2 Å². The summed E-state index contributed by atoms with van der Waals surface area (Å²) in [6.07, 6.45) is 0. The zero-order chi connectivity index (χ0) is 12.3. The van der Waals surface area contributed by atoms with Crippen molar-refractivity contribution in [2.75, 3.05) is 5.32 Å². The molecule has 0 atom stereocenters. The summed E-state index contributed by atoms with van der Waals surface area (Å²) in [7, 11) is 0. The lowest BCUT2D eigenvalue weighted by molar-refractivity contribution is 0.626. The third kappa shape index (κ3) is 2.96. The molecule has 17 heavy (non-hydrogen) atoms. The fourth-order valence-corrected chi connectivity index (χ4v) is 1.36. The van der Waals surface area contributed by atoms with Gasteiger partial charge in [0.2, 0.25) is 5.95 Å². The molecule has 5 heteroatoms. The third-order valence-electron chi connectivity index (χ3n) is 2.43. The second-order valence-electron chi connectivity index (χ2n) is 3.79. The summed E-state index contributed by atoms with van der Waals surface area (Å²) in [5, 5.41) is 10.9. The van der Waals surface area contributed by atoms with E-state index in [9.17, 15) is 4.39 Å². The zero-order valence-electron chi connectivity index (χ0n) is 9.74. The largest absolute Gasteiger partial charge is 0.349 e. The van der Waals surface area contributed by atoms with Gasteiger partial charge in [-0.05, 0) is 31.5 Å². The van der Waals surface area contributed by atoms with Crippen LogP contribution in [0, 0.1) is 19.7 Å². The van der Waals surface area contributed by atoms with Gasteiger partial charge in [0, 0.05) is 6.54 Å². The van der Waals surface area contributed by atoms with Gasteiger partial charge in [0.15, 0.2) is 0 Å². The molecular formula is C12H13FN4. The molecule has 0 radical (unpaired) electrons. The second-order valence-corrected chi connectivity index (χ2v) is 3.79. The maximum absolute atomic E-state index is 12.9. The van der Waals surface area contributed by atoms with Gasteiger partial charge in [-0.25, -0.2) is 9.37 Å². The van der Waals surface area contributed by atoms with Crippen LogP contribution in [0.1, 0.15) is 17.0 Å². The first-order valence-corrected chi connectivity index (χ1v) is 5.31. The summed E-state index contributed by atoms with van der Waals surface area (Å²) in [5.41, 5.74) is 2.48. The van der Waals surface area contributed by atoms with E-state index < -0.39 is 0 Å². The van der Waals surface area contributed by atoms with E-state index in [0.29, 0.717) is 12.5 Å². The first kappa shape index (κ1) is 11.4. The predicted octanol–water partition coefficient (Wildman–Crippen LogP) is 2.24. The number of rotatable bonds is 3. The average Bonchev–Trinajstić information content (AvgIpc) is 2.31. The summed E-state index contributed by atoms with van der Waals surface area (Å²) in [5.74, 6) is 0.209. The van der Waals surface area contributed by atoms with Gasteiger partial charge >= 0.3 is 0 Å². The number of benzene rings is 1. The highest BCUT2D eigenvalue weighted by molar-refractivity contribution is 5.28. The van der Waals surface area contributed by atoms with Crippen molar-refractivity contribution in [2.24, 2.45) is 0 Å². The highest BCUT2D eigenvalue weighted by Gasteiger charge is 2.01. The molecule has 0 aliphatic rings. The van der Waals surface area contributed by atoms with Crippen LogP contribution in [0.2, 0.25) is 0 Å². The van der Waals surface area contributed by atoms with Gasteiger partial charge in [0.25, 0.3) is 0 Å². The van der Waals surface area contributed by atoms with E-state index >= 15 is 0 Å². The summed E-state index contributed by atoms with van der Waals surface area (Å²) in [4.78, 5) is 4.23. The Labute approximate surface area is 98.9 Å². The number of hydrogen-bond donors (Lipinski definition) is 1. The van der Waals surface area contributed by atoms with Gasteiger partial charge in [-0.3, -0.25) is 0 Å². The molecule has 0 fully saturated rings. The molecule has 1 N–H and O–H groups in total. The number of aryl methyl sites for hydroxylation is 2. The van der Waals surface area contributed by atoms with Crippen molar-refractivity contribution < 1.29 is 4.39 Å². The Bertz CT molecular complexity index is 528. The molecule has 1 aromatic heterocycles. The zero-order valence-corrected chi connectivity index (χ0v) is 9.74. The lowest BCUT2D eigenvalue weighted by Crippen LogP contribution is -2.07. The molecule has 0 spiro atoms. The van der Waals surface area contributed by atoms with Crippen molar-refractivity contribution in [1.29, 1.82) is 0 Å². The number of halogens is 1. The highest BCUT2D eigenvalue weighted by Crippen LogP contribution is 2.07. The molecule has 0 saturated carbocycles. The normalized spacial score (nSPS) is 10.3. The van der Waals surface area contributed by atoms with Crippen LogP contribution < -0.4 is 5.32 Å². The number of aromatic nitrogens is 3. The smallest absolute Gasteiger partial charge is 0.243 e. The Morgan fingerprint density at radius 3 is 2.71 bits per heavy atom. The molecule has 0 aliphatic carbocycles. The number of nitrogens with one attached hydrogen (secondary N) is 1. The number of hydrogen-bond acceptors (Lipinski definition) is 4. The molecule has 4 nitrogen and oxygen atoms in total. The Kier molecular flexibility index (Phi) is 3.27. The summed E-state index contributed by atoms with van der Waals surface area (Å²) in [6, 6.07) is 6.40. The molecule has 0 amide bonds. The van der Waals surface area contributed by atoms with E-state index in [1.807, 2.05) is 19.9 Å². The lowest BCUT2D eigenvalue weighted by atomic mass is 10.2. The fourth-order valence-electron chi connectivity index (χ4n) is 1.36. The summed E-state index contributed by atoms with van der Waals surface area (Å²) >= 11 is 0. The minimum atomic E-state index is -0.247. The first-order valence-electron chi connectivity index (χ1n) is 5.31. The molecule has 2 aromatic rings. The minimum Gasteiger partial charge on any atom is -0.349 e. The van der Waals surface area contributed by atoms with Crippen molar-refractivity contribution in [3.05, 3.63) is 47.0 Å². The van der Waals surface area contributed by atoms with Crippen LogP contribution in [0.15, 0.2) is 24.3 Å². The van der Waals surface area contributed by atoms with Crippen LogP contribution in [0.4, 0.5) is 10.3 Å². The average molecular weight is 232 g/mol. The van der Waals surface area contributed by atoms with Gasteiger partial charge in [-0.1, -0.05) is 12.1 Å². The SMILES string of the molecule is Cc1nnc(NCc2cccc(F)c2)nc1C. The Morgan fingerprint density at radius 2 is 2.00 bits per heavy atom. The highest BCUT2D eigenvalue weighted by atomic mass is 19.1. The monoisotopic (exact) mass is 232 g/mol. The van der Waals surface area contributed by atoms with Crippen molar-refractivity contribution in [2.45, 2.75) is 20.4 Å². The van der Waals surface area contributed by atoms with Gasteiger partial charge in [0.05, 0.1) is 11.4 Å². The van der Waals surface area contributed by atoms with Crippen molar-refractivity contribution in [3.63, 3.8) is 0 Å². The molecule has 0 unspecified atom stereocenters. The summed E-state index contributed by atoms with van der Waals surface area (Å²) in [6.45, 7) is 4.20. The number of anilines is 1. The molecule has 1 heterocycles. The van der Waals surface area contributed by atoms with E-state index in [4.69, 9.17) is 0 Å². The van der Waals surface area contributed by atoms with Crippen LogP contribution in [-0.2, 0) is 6.54 Å². The van der Waals surface area contributed by atoms with Crippen molar-refractivity contribution in [3.8, 4) is 0 Å². The van der Waals surface area contributed by atoms with Crippen LogP contribution in [0.5, 0.6) is 0 Å². The molecule has 0 bridgehead atoms. The topological polar surface area (TPSA) is 50.7 Å². The molecule has 0 aliphatic heterocycles. The van der Waals surface area contributed by atoms with Crippen LogP contribution in [0.3, 0.4) is 0 Å². The Balaban J connectivity index is 2.05. The van der Waals surface area contributed by atoms with Crippen molar-refractivity contribution >= 4 is 5.95 Å². The molecule has 2 rings (SSSR count). The summed E-state index contributed by atoms with van der Waals surface area (Å²) < 4.78 is 12.9. The minimum absolute atomic E-state index is 0.247. The molecular weight excluding hydrogens is 219 g/mol. The first-order chi connectivity index (χ1) is 8.15. The third-order valence-corrected chi connectivity index (χ3v) is 2.43. The van der Waals surface area contributed by atoms with E-state index in [1.165, 1.54) is 12.1 Å².